The highest BCUT2D eigenvalue weighted by Gasteiger charge is 2.41. The van der Waals surface area contributed by atoms with Crippen molar-refractivity contribution < 1.29 is 9.53 Å². The number of hydrogen-bond acceptors (Lipinski definition) is 4. The quantitative estimate of drug-likeness (QED) is 0.603. The Morgan fingerprint density at radius 3 is 2.67 bits per heavy atom. The van der Waals surface area contributed by atoms with Gasteiger partial charge in [-0.05, 0) is 60.2 Å². The van der Waals surface area contributed by atoms with Crippen molar-refractivity contribution in [3.63, 3.8) is 0 Å². The SMILES string of the molecule is CCOc1ccc(C2C3=C(CC(C)(C)CC3=O)Nc3ccc4ncccc4c32)cc1. The number of rotatable bonds is 3. The van der Waals surface area contributed by atoms with Crippen molar-refractivity contribution in [3.8, 4) is 5.75 Å². The molecule has 4 nitrogen and oxygen atoms in total. The number of ketones is 1. The van der Waals surface area contributed by atoms with E-state index in [2.05, 4.69) is 54.5 Å². The van der Waals surface area contributed by atoms with E-state index < -0.39 is 0 Å². The first kappa shape index (κ1) is 18.9. The van der Waals surface area contributed by atoms with Gasteiger partial charge in [-0.2, -0.15) is 0 Å². The van der Waals surface area contributed by atoms with Crippen LogP contribution in [0.15, 0.2) is 66.0 Å². The van der Waals surface area contributed by atoms with Gasteiger partial charge >= 0.3 is 0 Å². The summed E-state index contributed by atoms with van der Waals surface area (Å²) in [4.78, 5) is 18.0. The zero-order valence-electron chi connectivity index (χ0n) is 17.7. The summed E-state index contributed by atoms with van der Waals surface area (Å²) in [7, 11) is 0. The molecule has 1 aliphatic heterocycles. The second-order valence-corrected chi connectivity index (χ2v) is 8.99. The Morgan fingerprint density at radius 2 is 1.90 bits per heavy atom. The van der Waals surface area contributed by atoms with Crippen LogP contribution < -0.4 is 10.1 Å². The normalized spacial score (nSPS) is 19.8. The van der Waals surface area contributed by atoms with Crippen LogP contribution in [0, 0.1) is 5.41 Å². The number of allylic oxidation sites excluding steroid dienone is 2. The van der Waals surface area contributed by atoms with Crippen LogP contribution in [-0.2, 0) is 4.79 Å². The largest absolute Gasteiger partial charge is 0.494 e. The summed E-state index contributed by atoms with van der Waals surface area (Å²) in [6, 6.07) is 16.4. The average molecular weight is 399 g/mol. The standard InChI is InChI=1S/C26H26N2O2/c1-4-30-17-9-7-16(8-10-17)23-24-18-6-5-13-27-19(18)11-12-20(24)28-21-14-26(2,3)15-22(29)25(21)23/h5-13,23,28H,4,14-15H2,1-3H3. The summed E-state index contributed by atoms with van der Waals surface area (Å²) in [5.41, 5.74) is 6.19. The van der Waals surface area contributed by atoms with E-state index in [-0.39, 0.29) is 17.1 Å². The van der Waals surface area contributed by atoms with Crippen LogP contribution in [0.25, 0.3) is 10.9 Å². The third-order valence-electron chi connectivity index (χ3n) is 6.13. The molecule has 1 aliphatic carbocycles. The first-order valence-electron chi connectivity index (χ1n) is 10.6. The number of nitrogens with zero attached hydrogens (tertiary/aromatic N) is 1. The first-order valence-corrected chi connectivity index (χ1v) is 10.6. The molecule has 0 amide bonds. The highest BCUT2D eigenvalue weighted by molar-refractivity contribution is 6.04. The highest BCUT2D eigenvalue weighted by atomic mass is 16.5. The minimum Gasteiger partial charge on any atom is -0.494 e. The van der Waals surface area contributed by atoms with Crippen LogP contribution in [0.2, 0.25) is 0 Å². The number of aromatic nitrogens is 1. The Labute approximate surface area is 177 Å². The Kier molecular flexibility index (Phi) is 4.39. The number of carbonyl (C=O) groups is 1. The maximum Gasteiger partial charge on any atom is 0.162 e. The lowest BCUT2D eigenvalue weighted by molar-refractivity contribution is -0.118. The van der Waals surface area contributed by atoms with Gasteiger partial charge in [-0.15, -0.1) is 0 Å². The van der Waals surface area contributed by atoms with Crippen LogP contribution in [0.1, 0.15) is 50.7 Å². The number of anilines is 1. The van der Waals surface area contributed by atoms with E-state index in [1.165, 1.54) is 0 Å². The molecule has 1 N–H and O–H groups in total. The molecular formula is C26H26N2O2. The Bertz CT molecular complexity index is 1180. The van der Waals surface area contributed by atoms with E-state index >= 15 is 0 Å². The zero-order chi connectivity index (χ0) is 20.9. The summed E-state index contributed by atoms with van der Waals surface area (Å²) >= 11 is 0. The van der Waals surface area contributed by atoms with Crippen LogP contribution in [0.3, 0.4) is 0 Å². The van der Waals surface area contributed by atoms with Crippen molar-refractivity contribution in [2.24, 2.45) is 5.41 Å². The number of carbonyl (C=O) groups excluding carboxylic acids is 1. The van der Waals surface area contributed by atoms with Gasteiger partial charge in [0.15, 0.2) is 5.78 Å². The third kappa shape index (κ3) is 3.07. The molecule has 0 bridgehead atoms. The van der Waals surface area contributed by atoms with Crippen LogP contribution >= 0.6 is 0 Å². The number of pyridine rings is 1. The third-order valence-corrected chi connectivity index (χ3v) is 6.13. The minimum absolute atomic E-state index is 0.0395. The Hall–Kier alpha value is -3.14. The molecule has 30 heavy (non-hydrogen) atoms. The van der Waals surface area contributed by atoms with Gasteiger partial charge < -0.3 is 10.1 Å². The van der Waals surface area contributed by atoms with E-state index in [1.54, 1.807) is 0 Å². The molecule has 1 aromatic heterocycles. The maximum atomic E-state index is 13.4. The van der Waals surface area contributed by atoms with Crippen molar-refractivity contribution in [1.82, 2.24) is 4.98 Å². The topological polar surface area (TPSA) is 51.2 Å². The van der Waals surface area contributed by atoms with Crippen molar-refractivity contribution in [2.45, 2.75) is 39.5 Å². The number of Topliss-reactive ketones (excluding diaryl/α,β-unsaturated/α-hetero) is 1. The lowest BCUT2D eigenvalue weighted by Crippen LogP contribution is -2.33. The highest BCUT2D eigenvalue weighted by Crippen LogP contribution is 2.50. The number of nitrogens with one attached hydrogen (secondary N) is 1. The first-order chi connectivity index (χ1) is 14.5. The van der Waals surface area contributed by atoms with Crippen LogP contribution in [0.5, 0.6) is 5.75 Å². The molecule has 1 atom stereocenters. The molecule has 0 spiro atoms. The molecular weight excluding hydrogens is 372 g/mol. The van der Waals surface area contributed by atoms with Crippen molar-refractivity contribution in [1.29, 1.82) is 0 Å². The number of fused-ring (bicyclic) bond motifs is 3. The minimum atomic E-state index is -0.108. The summed E-state index contributed by atoms with van der Waals surface area (Å²) in [5.74, 6) is 0.975. The van der Waals surface area contributed by atoms with E-state index in [9.17, 15) is 4.79 Å². The van der Waals surface area contributed by atoms with Gasteiger partial charge in [0, 0.05) is 40.9 Å². The van der Waals surface area contributed by atoms with Gasteiger partial charge in [-0.3, -0.25) is 9.78 Å². The summed E-state index contributed by atoms with van der Waals surface area (Å²) in [6.45, 7) is 6.95. The van der Waals surface area contributed by atoms with E-state index in [0.29, 0.717) is 13.0 Å². The molecule has 2 aromatic carbocycles. The summed E-state index contributed by atoms with van der Waals surface area (Å²) in [6.07, 6.45) is 3.25. The van der Waals surface area contributed by atoms with Crippen molar-refractivity contribution in [2.75, 3.05) is 11.9 Å². The molecule has 0 fully saturated rings. The van der Waals surface area contributed by atoms with Gasteiger partial charge in [-0.25, -0.2) is 0 Å². The smallest absolute Gasteiger partial charge is 0.162 e. The molecule has 0 saturated carbocycles. The number of benzene rings is 2. The maximum absolute atomic E-state index is 13.4. The second-order valence-electron chi connectivity index (χ2n) is 8.99. The fraction of sp³-hybridized carbons (Fsp3) is 0.308. The van der Waals surface area contributed by atoms with E-state index in [0.717, 1.165) is 51.2 Å². The van der Waals surface area contributed by atoms with Gasteiger partial charge in [0.05, 0.1) is 12.1 Å². The monoisotopic (exact) mass is 398 g/mol. The van der Waals surface area contributed by atoms with E-state index in [4.69, 9.17) is 4.74 Å². The van der Waals surface area contributed by atoms with Crippen LogP contribution in [-0.4, -0.2) is 17.4 Å². The molecule has 0 saturated heterocycles. The van der Waals surface area contributed by atoms with Crippen molar-refractivity contribution in [3.05, 3.63) is 77.1 Å². The molecule has 4 heteroatoms. The number of ether oxygens (including phenoxy) is 1. The van der Waals surface area contributed by atoms with Gasteiger partial charge in [-0.1, -0.05) is 32.0 Å². The molecule has 0 radical (unpaired) electrons. The number of hydrogen-bond donors (Lipinski definition) is 1. The zero-order valence-corrected chi connectivity index (χ0v) is 17.7. The lowest BCUT2D eigenvalue weighted by atomic mass is 9.68. The van der Waals surface area contributed by atoms with Gasteiger partial charge in [0.1, 0.15) is 5.75 Å². The molecule has 3 aromatic rings. The molecule has 5 rings (SSSR count). The molecule has 2 aliphatic rings. The second kappa shape index (κ2) is 6.98. The fourth-order valence-corrected chi connectivity index (χ4v) is 4.94. The summed E-state index contributed by atoms with van der Waals surface area (Å²) in [5, 5.41) is 4.70. The predicted molar refractivity (Wildman–Crippen MR) is 120 cm³/mol. The summed E-state index contributed by atoms with van der Waals surface area (Å²) < 4.78 is 5.64. The predicted octanol–water partition coefficient (Wildman–Crippen LogP) is 5.83. The lowest BCUT2D eigenvalue weighted by Gasteiger charge is -2.40. The Balaban J connectivity index is 1.75. The van der Waals surface area contributed by atoms with Gasteiger partial charge in [0.2, 0.25) is 0 Å². The average Bonchev–Trinajstić information content (AvgIpc) is 2.72. The molecule has 2 heterocycles. The van der Waals surface area contributed by atoms with Crippen molar-refractivity contribution >= 4 is 22.4 Å². The fourth-order valence-electron chi connectivity index (χ4n) is 4.94. The van der Waals surface area contributed by atoms with Gasteiger partial charge in [0.25, 0.3) is 0 Å². The Morgan fingerprint density at radius 1 is 1.10 bits per heavy atom. The van der Waals surface area contributed by atoms with Crippen LogP contribution in [0.4, 0.5) is 5.69 Å². The molecule has 1 unspecified atom stereocenters. The molecule has 152 valence electrons. The van der Waals surface area contributed by atoms with E-state index in [1.807, 2.05) is 31.3 Å².